The standard InChI is InChI=1S/C15H20FNO2/c1-5-15(2,18-4)14(17-3)13-9-10-8-11(16)6-7-12(10)19-13/h6-9,14,17H,5H2,1-4H3. The van der Waals surface area contributed by atoms with Gasteiger partial charge in [0.05, 0.1) is 11.6 Å². The summed E-state index contributed by atoms with van der Waals surface area (Å²) in [6, 6.07) is 6.31. The number of likely N-dealkylation sites (N-methyl/N-ethyl adjacent to an activating group) is 1. The molecule has 0 fully saturated rings. The van der Waals surface area contributed by atoms with Gasteiger partial charge in [0, 0.05) is 12.5 Å². The Morgan fingerprint density at radius 2 is 2.16 bits per heavy atom. The number of benzene rings is 1. The molecule has 4 heteroatoms. The van der Waals surface area contributed by atoms with E-state index in [1.165, 1.54) is 12.1 Å². The molecule has 2 rings (SSSR count). The number of hydrogen-bond donors (Lipinski definition) is 1. The Bertz CT molecular complexity index is 560. The van der Waals surface area contributed by atoms with Crippen molar-refractivity contribution in [3.05, 3.63) is 35.8 Å². The van der Waals surface area contributed by atoms with E-state index in [0.717, 1.165) is 17.6 Å². The van der Waals surface area contributed by atoms with E-state index >= 15 is 0 Å². The van der Waals surface area contributed by atoms with Crippen molar-refractivity contribution in [2.24, 2.45) is 0 Å². The predicted molar refractivity (Wildman–Crippen MR) is 73.7 cm³/mol. The number of ether oxygens (including phenoxy) is 1. The van der Waals surface area contributed by atoms with E-state index in [1.54, 1.807) is 13.2 Å². The van der Waals surface area contributed by atoms with Gasteiger partial charge in [0.15, 0.2) is 0 Å². The van der Waals surface area contributed by atoms with Crippen molar-refractivity contribution in [1.29, 1.82) is 0 Å². The number of nitrogens with one attached hydrogen (secondary N) is 1. The zero-order chi connectivity index (χ0) is 14.0. The molecule has 0 saturated carbocycles. The van der Waals surface area contributed by atoms with Gasteiger partial charge in [-0.1, -0.05) is 6.92 Å². The van der Waals surface area contributed by atoms with Crippen LogP contribution in [-0.2, 0) is 4.74 Å². The third-order valence-corrected chi connectivity index (χ3v) is 3.85. The molecular weight excluding hydrogens is 245 g/mol. The molecule has 104 valence electrons. The van der Waals surface area contributed by atoms with E-state index in [1.807, 2.05) is 20.0 Å². The number of halogens is 1. The fourth-order valence-electron chi connectivity index (χ4n) is 2.39. The molecule has 0 radical (unpaired) electrons. The number of fused-ring (bicyclic) bond motifs is 1. The number of furan rings is 1. The van der Waals surface area contributed by atoms with Gasteiger partial charge in [-0.3, -0.25) is 0 Å². The summed E-state index contributed by atoms with van der Waals surface area (Å²) >= 11 is 0. The average Bonchev–Trinajstić information content (AvgIpc) is 2.81. The average molecular weight is 265 g/mol. The monoisotopic (exact) mass is 265 g/mol. The van der Waals surface area contributed by atoms with E-state index in [0.29, 0.717) is 5.58 Å². The summed E-state index contributed by atoms with van der Waals surface area (Å²) in [5.74, 6) is 0.500. The molecule has 0 aliphatic heterocycles. The van der Waals surface area contributed by atoms with Crippen LogP contribution < -0.4 is 5.32 Å². The largest absolute Gasteiger partial charge is 0.459 e. The molecular formula is C15H20FNO2. The molecule has 0 aliphatic carbocycles. The van der Waals surface area contributed by atoms with Gasteiger partial charge in [-0.15, -0.1) is 0 Å². The molecule has 2 unspecified atom stereocenters. The molecule has 0 aliphatic rings. The van der Waals surface area contributed by atoms with E-state index in [9.17, 15) is 4.39 Å². The highest BCUT2D eigenvalue weighted by molar-refractivity contribution is 5.78. The minimum atomic E-state index is -0.374. The number of methoxy groups -OCH3 is 1. The normalized spacial score (nSPS) is 16.5. The maximum Gasteiger partial charge on any atom is 0.134 e. The lowest BCUT2D eigenvalue weighted by Crippen LogP contribution is -2.41. The predicted octanol–water partition coefficient (Wildman–Crippen LogP) is 3.65. The van der Waals surface area contributed by atoms with Gasteiger partial charge in [-0.05, 0) is 44.7 Å². The first-order valence-electron chi connectivity index (χ1n) is 6.45. The maximum absolute atomic E-state index is 13.2. The lowest BCUT2D eigenvalue weighted by molar-refractivity contribution is -0.0329. The summed E-state index contributed by atoms with van der Waals surface area (Å²) in [4.78, 5) is 0. The highest BCUT2D eigenvalue weighted by atomic mass is 19.1. The highest BCUT2D eigenvalue weighted by Crippen LogP contribution is 2.34. The summed E-state index contributed by atoms with van der Waals surface area (Å²) in [7, 11) is 3.56. The first kappa shape index (κ1) is 14.0. The van der Waals surface area contributed by atoms with Gasteiger partial charge >= 0.3 is 0 Å². The molecule has 1 heterocycles. The fraction of sp³-hybridized carbons (Fsp3) is 0.467. The van der Waals surface area contributed by atoms with Crippen molar-refractivity contribution in [1.82, 2.24) is 5.32 Å². The molecule has 1 N–H and O–H groups in total. The summed E-state index contributed by atoms with van der Waals surface area (Å²) < 4.78 is 24.6. The fourth-order valence-corrected chi connectivity index (χ4v) is 2.39. The Balaban J connectivity index is 2.46. The van der Waals surface area contributed by atoms with Gasteiger partial charge in [-0.25, -0.2) is 4.39 Å². The smallest absolute Gasteiger partial charge is 0.134 e. The van der Waals surface area contributed by atoms with E-state index in [2.05, 4.69) is 12.2 Å². The summed E-state index contributed by atoms with van der Waals surface area (Å²) in [6.07, 6.45) is 0.834. The van der Waals surface area contributed by atoms with Crippen LogP contribution in [0.2, 0.25) is 0 Å². The van der Waals surface area contributed by atoms with Crippen LogP contribution in [0.15, 0.2) is 28.7 Å². The van der Waals surface area contributed by atoms with E-state index in [-0.39, 0.29) is 17.5 Å². The van der Waals surface area contributed by atoms with Crippen molar-refractivity contribution in [3.63, 3.8) is 0 Å². The van der Waals surface area contributed by atoms with Crippen LogP contribution in [0.5, 0.6) is 0 Å². The summed E-state index contributed by atoms with van der Waals surface area (Å²) in [6.45, 7) is 4.10. The van der Waals surface area contributed by atoms with Crippen molar-refractivity contribution >= 4 is 11.0 Å². The van der Waals surface area contributed by atoms with Gasteiger partial charge in [-0.2, -0.15) is 0 Å². The quantitative estimate of drug-likeness (QED) is 0.896. The van der Waals surface area contributed by atoms with Crippen LogP contribution in [0.3, 0.4) is 0 Å². The number of hydrogen-bond acceptors (Lipinski definition) is 3. The molecule has 1 aromatic heterocycles. The molecule has 0 amide bonds. The van der Waals surface area contributed by atoms with E-state index in [4.69, 9.17) is 9.15 Å². The Morgan fingerprint density at radius 1 is 1.42 bits per heavy atom. The topological polar surface area (TPSA) is 34.4 Å². The van der Waals surface area contributed by atoms with Crippen LogP contribution >= 0.6 is 0 Å². The van der Waals surface area contributed by atoms with Crippen LogP contribution in [0.4, 0.5) is 4.39 Å². The highest BCUT2D eigenvalue weighted by Gasteiger charge is 2.35. The zero-order valence-electron chi connectivity index (χ0n) is 11.8. The maximum atomic E-state index is 13.2. The lowest BCUT2D eigenvalue weighted by Gasteiger charge is -2.34. The van der Waals surface area contributed by atoms with Crippen LogP contribution in [0, 0.1) is 5.82 Å². The summed E-state index contributed by atoms with van der Waals surface area (Å²) in [5.41, 5.74) is 0.312. The molecule has 3 nitrogen and oxygen atoms in total. The second-order valence-corrected chi connectivity index (χ2v) is 4.92. The number of rotatable bonds is 5. The first-order chi connectivity index (χ1) is 9.04. The van der Waals surface area contributed by atoms with Gasteiger partial charge in [0.2, 0.25) is 0 Å². The second kappa shape index (κ2) is 5.31. The van der Waals surface area contributed by atoms with Crippen LogP contribution in [-0.4, -0.2) is 19.8 Å². The van der Waals surface area contributed by atoms with Gasteiger partial charge in [0.25, 0.3) is 0 Å². The Hall–Kier alpha value is -1.39. The van der Waals surface area contributed by atoms with Crippen molar-refractivity contribution in [3.8, 4) is 0 Å². The zero-order valence-corrected chi connectivity index (χ0v) is 11.8. The van der Waals surface area contributed by atoms with Gasteiger partial charge in [0.1, 0.15) is 17.2 Å². The van der Waals surface area contributed by atoms with Crippen molar-refractivity contribution in [2.45, 2.75) is 31.9 Å². The molecule has 2 atom stereocenters. The molecule has 0 bridgehead atoms. The van der Waals surface area contributed by atoms with E-state index < -0.39 is 0 Å². The minimum Gasteiger partial charge on any atom is -0.459 e. The third-order valence-electron chi connectivity index (χ3n) is 3.85. The molecule has 0 saturated heterocycles. The minimum absolute atomic E-state index is 0.0852. The molecule has 2 aromatic rings. The Morgan fingerprint density at radius 3 is 2.74 bits per heavy atom. The van der Waals surface area contributed by atoms with Crippen molar-refractivity contribution in [2.75, 3.05) is 14.2 Å². The lowest BCUT2D eigenvalue weighted by atomic mass is 9.91. The Kier molecular flexibility index (Phi) is 3.92. The molecule has 1 aromatic carbocycles. The Labute approximate surface area is 112 Å². The second-order valence-electron chi connectivity index (χ2n) is 4.92. The molecule has 0 spiro atoms. The first-order valence-corrected chi connectivity index (χ1v) is 6.45. The van der Waals surface area contributed by atoms with Crippen molar-refractivity contribution < 1.29 is 13.5 Å². The SMILES string of the molecule is CCC(C)(OC)C(NC)c1cc2cc(F)ccc2o1. The summed E-state index contributed by atoms with van der Waals surface area (Å²) in [5, 5.41) is 3.99. The van der Waals surface area contributed by atoms with Crippen LogP contribution in [0.25, 0.3) is 11.0 Å². The molecule has 19 heavy (non-hydrogen) atoms. The third kappa shape index (κ3) is 2.51. The van der Waals surface area contributed by atoms with Gasteiger partial charge < -0.3 is 14.5 Å². The van der Waals surface area contributed by atoms with Crippen LogP contribution in [0.1, 0.15) is 32.1 Å².